The summed E-state index contributed by atoms with van der Waals surface area (Å²) in [5.41, 5.74) is 3.43. The van der Waals surface area contributed by atoms with Gasteiger partial charge in [-0.25, -0.2) is 9.79 Å². The van der Waals surface area contributed by atoms with E-state index in [0.717, 1.165) is 21.6 Å². The van der Waals surface area contributed by atoms with Gasteiger partial charge in [-0.3, -0.25) is 0 Å². The molecule has 2 aliphatic heterocycles. The fourth-order valence-corrected chi connectivity index (χ4v) is 5.33. The van der Waals surface area contributed by atoms with Gasteiger partial charge >= 0.3 is 5.97 Å². The largest absolute Gasteiger partial charge is 0.478 e. The Kier molecular flexibility index (Phi) is 7.94. The molecule has 2 aromatic carbocycles. The van der Waals surface area contributed by atoms with Crippen LogP contribution in [0, 0.1) is 6.92 Å². The molecule has 0 radical (unpaired) electrons. The molecule has 0 saturated carbocycles. The minimum absolute atomic E-state index is 0. The van der Waals surface area contributed by atoms with E-state index in [4.69, 9.17) is 23.2 Å². The molecule has 4 nitrogen and oxygen atoms in total. The molecule has 0 fully saturated rings. The van der Waals surface area contributed by atoms with Crippen LogP contribution in [0.5, 0.6) is 0 Å². The lowest BCUT2D eigenvalue weighted by Gasteiger charge is -2.33. The van der Waals surface area contributed by atoms with Crippen molar-refractivity contribution in [2.45, 2.75) is 19.9 Å². The standard InChI is InChI=1S/C21H16Cl2N2O2S.2ClH/c1-11-6-3-4-7-13(11)19-17(20(26)27)12(2)24-21-25(19)10-16(28-21)18-14(22)8-5-9-15(18)23;;/h3-10,19H,1-2H3,(H,26,27);2*1H/t19-;;/m0../s1. The van der Waals surface area contributed by atoms with Crippen molar-refractivity contribution in [1.29, 1.82) is 0 Å². The highest BCUT2D eigenvalue weighted by Crippen LogP contribution is 2.49. The monoisotopic (exact) mass is 502 g/mol. The van der Waals surface area contributed by atoms with Gasteiger partial charge < -0.3 is 10.0 Å². The zero-order valence-electron chi connectivity index (χ0n) is 15.9. The zero-order valence-corrected chi connectivity index (χ0v) is 19.9. The summed E-state index contributed by atoms with van der Waals surface area (Å²) >= 11 is 14.2. The Morgan fingerprint density at radius 1 is 1.07 bits per heavy atom. The third-order valence-corrected chi connectivity index (χ3v) is 6.45. The first-order chi connectivity index (χ1) is 13.4. The van der Waals surface area contributed by atoms with Crippen molar-refractivity contribution in [3.63, 3.8) is 0 Å². The van der Waals surface area contributed by atoms with Gasteiger partial charge in [-0.1, -0.05) is 53.5 Å². The van der Waals surface area contributed by atoms with Crippen LogP contribution in [0.2, 0.25) is 10.0 Å². The molecule has 0 unspecified atom stereocenters. The third-order valence-electron chi connectivity index (χ3n) is 4.81. The van der Waals surface area contributed by atoms with Gasteiger partial charge in [0, 0.05) is 16.7 Å². The second kappa shape index (κ2) is 9.67. The number of aryl methyl sites for hydroxylation is 1. The van der Waals surface area contributed by atoms with Gasteiger partial charge in [0.1, 0.15) is 0 Å². The van der Waals surface area contributed by atoms with E-state index in [1.54, 1.807) is 25.1 Å². The van der Waals surface area contributed by atoms with E-state index in [1.807, 2.05) is 42.3 Å². The normalized spacial score (nSPS) is 17.5. The number of hydrogen-bond donors (Lipinski definition) is 1. The van der Waals surface area contributed by atoms with Gasteiger partial charge in [0.15, 0.2) is 5.17 Å². The summed E-state index contributed by atoms with van der Waals surface area (Å²) in [6.07, 6.45) is 1.89. The number of halogens is 4. The van der Waals surface area contributed by atoms with E-state index >= 15 is 0 Å². The predicted molar refractivity (Wildman–Crippen MR) is 130 cm³/mol. The molecule has 30 heavy (non-hydrogen) atoms. The number of nitrogens with zero attached hydrogens (tertiary/aromatic N) is 2. The van der Waals surface area contributed by atoms with Crippen molar-refractivity contribution in [3.8, 4) is 0 Å². The molecule has 0 aliphatic carbocycles. The molecule has 0 saturated heterocycles. The van der Waals surface area contributed by atoms with Crippen molar-refractivity contribution in [2.75, 3.05) is 0 Å². The molecule has 4 rings (SSSR count). The average molecular weight is 504 g/mol. The van der Waals surface area contributed by atoms with Crippen LogP contribution < -0.4 is 0 Å². The Morgan fingerprint density at radius 3 is 2.30 bits per heavy atom. The van der Waals surface area contributed by atoms with Crippen LogP contribution in [0.4, 0.5) is 0 Å². The van der Waals surface area contributed by atoms with Crippen LogP contribution in [0.15, 0.2) is 64.9 Å². The maximum absolute atomic E-state index is 12.1. The van der Waals surface area contributed by atoms with Crippen LogP contribution >= 0.6 is 59.8 Å². The number of aliphatic carboxylic acids is 1. The quantitative estimate of drug-likeness (QED) is 0.491. The van der Waals surface area contributed by atoms with Gasteiger partial charge in [0.05, 0.1) is 27.4 Å². The first-order valence-electron chi connectivity index (χ1n) is 8.59. The second-order valence-electron chi connectivity index (χ2n) is 6.56. The first kappa shape index (κ1) is 24.6. The van der Waals surface area contributed by atoms with Crippen molar-refractivity contribution < 1.29 is 9.90 Å². The minimum atomic E-state index is -0.976. The minimum Gasteiger partial charge on any atom is -0.478 e. The number of amidine groups is 1. The Hall–Kier alpha value is -1.63. The molecule has 2 heterocycles. The van der Waals surface area contributed by atoms with E-state index in [1.165, 1.54) is 11.8 Å². The van der Waals surface area contributed by atoms with Gasteiger partial charge in [-0.05, 0) is 48.9 Å². The SMILES string of the molecule is CC1=C(C(=O)O)[C@H](c2ccccc2C)N2C=C(c3c(Cl)cccc3Cl)SC2=N1.Cl.Cl. The highest BCUT2D eigenvalue weighted by Gasteiger charge is 2.39. The van der Waals surface area contributed by atoms with Crippen LogP contribution in [0.3, 0.4) is 0 Å². The van der Waals surface area contributed by atoms with Gasteiger partial charge in [0.2, 0.25) is 0 Å². The number of carboxylic acid groups (broad SMARTS) is 1. The van der Waals surface area contributed by atoms with Crippen LogP contribution in [-0.2, 0) is 4.79 Å². The van der Waals surface area contributed by atoms with E-state index in [-0.39, 0.29) is 30.4 Å². The topological polar surface area (TPSA) is 52.9 Å². The molecule has 158 valence electrons. The van der Waals surface area contributed by atoms with Crippen LogP contribution in [-0.4, -0.2) is 21.1 Å². The molecule has 2 aliphatic rings. The van der Waals surface area contributed by atoms with E-state index in [9.17, 15) is 9.90 Å². The zero-order chi connectivity index (χ0) is 20.0. The second-order valence-corrected chi connectivity index (χ2v) is 8.38. The fraction of sp³-hybridized carbons (Fsp3) is 0.143. The summed E-state index contributed by atoms with van der Waals surface area (Å²) in [6.45, 7) is 3.72. The smallest absolute Gasteiger partial charge is 0.335 e. The number of benzene rings is 2. The average Bonchev–Trinajstić information content (AvgIpc) is 3.03. The number of aliphatic imine (C=N–C) groups is 1. The summed E-state index contributed by atoms with van der Waals surface area (Å²) in [5.74, 6) is -0.976. The van der Waals surface area contributed by atoms with E-state index in [0.29, 0.717) is 20.9 Å². The molecular weight excluding hydrogens is 486 g/mol. The molecule has 0 aromatic heterocycles. The first-order valence-corrected chi connectivity index (χ1v) is 10.2. The summed E-state index contributed by atoms with van der Waals surface area (Å²) < 4.78 is 0. The van der Waals surface area contributed by atoms with Crippen molar-refractivity contribution in [3.05, 3.63) is 86.7 Å². The molecule has 1 N–H and O–H groups in total. The molecule has 2 aromatic rings. The molecule has 0 bridgehead atoms. The molecule has 0 amide bonds. The summed E-state index contributed by atoms with van der Waals surface area (Å²) in [6, 6.07) is 12.7. The molecule has 0 spiro atoms. The summed E-state index contributed by atoms with van der Waals surface area (Å²) in [7, 11) is 0. The van der Waals surface area contributed by atoms with Crippen LogP contribution in [0.25, 0.3) is 4.91 Å². The molecular formula is C21H18Cl4N2O2S. The maximum Gasteiger partial charge on any atom is 0.335 e. The lowest BCUT2D eigenvalue weighted by molar-refractivity contribution is -0.133. The number of carboxylic acids is 1. The Morgan fingerprint density at radius 2 is 1.70 bits per heavy atom. The van der Waals surface area contributed by atoms with Crippen molar-refractivity contribution in [2.24, 2.45) is 4.99 Å². The van der Waals surface area contributed by atoms with Gasteiger partial charge in [-0.2, -0.15) is 0 Å². The number of thioether (sulfide) groups is 1. The van der Waals surface area contributed by atoms with Gasteiger partial charge in [-0.15, -0.1) is 24.8 Å². The number of fused-ring (bicyclic) bond motifs is 1. The molecule has 9 heteroatoms. The molecule has 1 atom stereocenters. The van der Waals surface area contributed by atoms with Crippen molar-refractivity contribution >= 4 is 75.8 Å². The van der Waals surface area contributed by atoms with E-state index in [2.05, 4.69) is 4.99 Å². The Bertz CT molecular complexity index is 1080. The van der Waals surface area contributed by atoms with Crippen LogP contribution in [0.1, 0.15) is 29.7 Å². The fourth-order valence-electron chi connectivity index (χ4n) is 3.48. The lowest BCUT2D eigenvalue weighted by Crippen LogP contribution is -2.33. The number of hydrogen-bond acceptors (Lipinski definition) is 4. The number of rotatable bonds is 3. The highest BCUT2D eigenvalue weighted by molar-refractivity contribution is 8.22. The number of allylic oxidation sites excluding steroid dienone is 1. The van der Waals surface area contributed by atoms with E-state index < -0.39 is 12.0 Å². The summed E-state index contributed by atoms with van der Waals surface area (Å²) in [4.78, 5) is 19.4. The summed E-state index contributed by atoms with van der Waals surface area (Å²) in [5, 5.41) is 11.7. The Labute approximate surface area is 201 Å². The van der Waals surface area contributed by atoms with Gasteiger partial charge in [0.25, 0.3) is 0 Å². The highest BCUT2D eigenvalue weighted by atomic mass is 35.5. The van der Waals surface area contributed by atoms with Crippen molar-refractivity contribution in [1.82, 2.24) is 4.90 Å². The Balaban J connectivity index is 0.00000160. The predicted octanol–water partition coefficient (Wildman–Crippen LogP) is 6.96. The third kappa shape index (κ3) is 4.23. The number of carbonyl (C=O) groups is 1. The maximum atomic E-state index is 12.1. The lowest BCUT2D eigenvalue weighted by atomic mass is 9.92.